The molecule has 3 atom stereocenters. The lowest BCUT2D eigenvalue weighted by molar-refractivity contribution is 0.0434. The Labute approximate surface area is 120 Å². The molecule has 3 unspecified atom stereocenters. The van der Waals surface area contributed by atoms with Crippen LogP contribution in [0.15, 0.2) is 18.5 Å². The predicted octanol–water partition coefficient (Wildman–Crippen LogP) is 3.62. The highest BCUT2D eigenvalue weighted by atomic mass is 16.5. The first kappa shape index (κ1) is 14.8. The largest absolute Gasteiger partial charge is 0.488 e. The number of hydrogen-bond acceptors (Lipinski definition) is 3. The summed E-state index contributed by atoms with van der Waals surface area (Å²) < 4.78 is 6.05. The second kappa shape index (κ2) is 6.25. The van der Waals surface area contributed by atoms with Crippen molar-refractivity contribution in [2.45, 2.75) is 46.1 Å². The fourth-order valence-corrected chi connectivity index (χ4v) is 3.06. The molecule has 4 heteroatoms. The van der Waals surface area contributed by atoms with E-state index in [9.17, 15) is 9.90 Å². The van der Waals surface area contributed by atoms with Gasteiger partial charge in [0.25, 0.3) is 0 Å². The van der Waals surface area contributed by atoms with Gasteiger partial charge in [-0.05, 0) is 36.7 Å². The molecule has 1 aromatic heterocycles. The molecule has 0 aliphatic heterocycles. The average Bonchev–Trinajstić information content (AvgIpc) is 2.38. The van der Waals surface area contributed by atoms with Crippen LogP contribution in [0.3, 0.4) is 0 Å². The molecule has 0 saturated heterocycles. The molecule has 0 spiro atoms. The number of pyridine rings is 1. The van der Waals surface area contributed by atoms with Gasteiger partial charge in [0.1, 0.15) is 11.7 Å². The van der Waals surface area contributed by atoms with Gasteiger partial charge in [-0.2, -0.15) is 0 Å². The molecule has 20 heavy (non-hydrogen) atoms. The van der Waals surface area contributed by atoms with Crippen LogP contribution in [0, 0.1) is 17.8 Å². The van der Waals surface area contributed by atoms with Gasteiger partial charge in [0.15, 0.2) is 5.75 Å². The van der Waals surface area contributed by atoms with Crippen LogP contribution in [-0.2, 0) is 0 Å². The molecule has 4 nitrogen and oxygen atoms in total. The monoisotopic (exact) mass is 277 g/mol. The summed E-state index contributed by atoms with van der Waals surface area (Å²) in [5, 5.41) is 9.21. The molecule has 1 N–H and O–H groups in total. The Kier molecular flexibility index (Phi) is 4.63. The molecule has 0 radical (unpaired) electrons. The number of hydrogen-bond donors (Lipinski definition) is 1. The highest BCUT2D eigenvalue weighted by molar-refractivity contribution is 5.90. The van der Waals surface area contributed by atoms with E-state index in [1.807, 2.05) is 0 Å². The van der Waals surface area contributed by atoms with Gasteiger partial charge in [0.2, 0.25) is 0 Å². The van der Waals surface area contributed by atoms with E-state index in [0.29, 0.717) is 23.5 Å². The Balaban J connectivity index is 2.20. The molecular weight excluding hydrogens is 254 g/mol. The summed E-state index contributed by atoms with van der Waals surface area (Å²) in [6, 6.07) is 1.49. The summed E-state index contributed by atoms with van der Waals surface area (Å²) >= 11 is 0. The second-order valence-electron chi connectivity index (χ2n) is 6.16. The van der Waals surface area contributed by atoms with E-state index in [1.54, 1.807) is 0 Å². The van der Waals surface area contributed by atoms with Gasteiger partial charge >= 0.3 is 5.97 Å². The van der Waals surface area contributed by atoms with Gasteiger partial charge in [-0.1, -0.05) is 27.2 Å². The summed E-state index contributed by atoms with van der Waals surface area (Å²) in [5.74, 6) is 1.07. The molecule has 1 heterocycles. The normalized spacial score (nSPS) is 26.5. The summed E-state index contributed by atoms with van der Waals surface area (Å²) in [4.78, 5) is 15.2. The maximum Gasteiger partial charge on any atom is 0.339 e. The number of carbonyl (C=O) groups is 1. The van der Waals surface area contributed by atoms with Crippen LogP contribution in [0.1, 0.15) is 50.4 Å². The topological polar surface area (TPSA) is 59.4 Å². The van der Waals surface area contributed by atoms with Gasteiger partial charge in [-0.3, -0.25) is 4.98 Å². The summed E-state index contributed by atoms with van der Waals surface area (Å²) in [7, 11) is 0. The highest BCUT2D eigenvalue weighted by Crippen LogP contribution is 2.36. The van der Waals surface area contributed by atoms with Crippen LogP contribution >= 0.6 is 0 Å². The van der Waals surface area contributed by atoms with Gasteiger partial charge in [-0.25, -0.2) is 4.79 Å². The van der Waals surface area contributed by atoms with Crippen LogP contribution in [0.2, 0.25) is 0 Å². The van der Waals surface area contributed by atoms with Crippen molar-refractivity contribution in [3.8, 4) is 5.75 Å². The Morgan fingerprint density at radius 2 is 2.20 bits per heavy atom. The van der Waals surface area contributed by atoms with Gasteiger partial charge in [-0.15, -0.1) is 0 Å². The van der Waals surface area contributed by atoms with E-state index in [0.717, 1.165) is 12.8 Å². The summed E-state index contributed by atoms with van der Waals surface area (Å²) in [5.41, 5.74) is 0.195. The predicted molar refractivity (Wildman–Crippen MR) is 77.0 cm³/mol. The molecule has 0 aromatic carbocycles. The van der Waals surface area contributed by atoms with Gasteiger partial charge in [0.05, 0.1) is 6.20 Å². The number of aromatic carboxylic acids is 1. The Morgan fingerprint density at radius 1 is 1.45 bits per heavy atom. The molecule has 1 aliphatic rings. The first-order valence-corrected chi connectivity index (χ1v) is 7.33. The number of carboxylic acid groups (broad SMARTS) is 1. The standard InChI is InChI=1S/C16H23NO3/c1-10(2)12-5-4-11(3)8-14(12)20-15-9-17-7-6-13(15)16(18)19/h6-7,9-12,14H,4-5,8H2,1-3H3,(H,18,19). The zero-order valence-corrected chi connectivity index (χ0v) is 12.4. The number of rotatable bonds is 4. The molecule has 110 valence electrons. The van der Waals surface area contributed by atoms with E-state index in [1.165, 1.54) is 24.9 Å². The first-order chi connectivity index (χ1) is 9.49. The quantitative estimate of drug-likeness (QED) is 0.913. The number of nitrogens with zero attached hydrogens (tertiary/aromatic N) is 1. The van der Waals surface area contributed by atoms with Gasteiger partial charge in [0, 0.05) is 6.20 Å². The van der Waals surface area contributed by atoms with Crippen molar-refractivity contribution >= 4 is 5.97 Å². The van der Waals surface area contributed by atoms with Crippen LogP contribution < -0.4 is 4.74 Å². The SMILES string of the molecule is CC1CCC(C(C)C)C(Oc2cnccc2C(=O)O)C1. The van der Waals surface area contributed by atoms with Crippen molar-refractivity contribution < 1.29 is 14.6 Å². The van der Waals surface area contributed by atoms with Crippen molar-refractivity contribution in [3.05, 3.63) is 24.0 Å². The minimum atomic E-state index is -0.965. The lowest BCUT2D eigenvalue weighted by atomic mass is 9.75. The maximum atomic E-state index is 11.2. The lowest BCUT2D eigenvalue weighted by Crippen LogP contribution is -2.36. The van der Waals surface area contributed by atoms with E-state index in [-0.39, 0.29) is 11.7 Å². The van der Waals surface area contributed by atoms with Crippen LogP contribution in [0.4, 0.5) is 0 Å². The lowest BCUT2D eigenvalue weighted by Gasteiger charge is -2.37. The van der Waals surface area contributed by atoms with E-state index in [2.05, 4.69) is 25.8 Å². The van der Waals surface area contributed by atoms with Crippen molar-refractivity contribution in [2.75, 3.05) is 0 Å². The molecule has 1 aliphatic carbocycles. The Bertz CT molecular complexity index is 473. The van der Waals surface area contributed by atoms with E-state index in [4.69, 9.17) is 4.74 Å². The molecule has 1 fully saturated rings. The maximum absolute atomic E-state index is 11.2. The number of carboxylic acids is 1. The summed E-state index contributed by atoms with van der Waals surface area (Å²) in [6.07, 6.45) is 6.44. The third kappa shape index (κ3) is 3.30. The number of aromatic nitrogens is 1. The minimum absolute atomic E-state index is 0.0843. The highest BCUT2D eigenvalue weighted by Gasteiger charge is 2.33. The third-order valence-corrected chi connectivity index (χ3v) is 4.25. The average molecular weight is 277 g/mol. The molecule has 2 rings (SSSR count). The third-order valence-electron chi connectivity index (χ3n) is 4.25. The zero-order valence-electron chi connectivity index (χ0n) is 12.4. The first-order valence-electron chi connectivity index (χ1n) is 7.33. The van der Waals surface area contributed by atoms with E-state index >= 15 is 0 Å². The zero-order chi connectivity index (χ0) is 14.7. The minimum Gasteiger partial charge on any atom is -0.488 e. The number of ether oxygens (including phenoxy) is 1. The molecule has 1 aromatic rings. The molecule has 0 amide bonds. The smallest absolute Gasteiger partial charge is 0.339 e. The van der Waals surface area contributed by atoms with Crippen molar-refractivity contribution in [1.29, 1.82) is 0 Å². The van der Waals surface area contributed by atoms with Crippen molar-refractivity contribution in [3.63, 3.8) is 0 Å². The fraction of sp³-hybridized carbons (Fsp3) is 0.625. The van der Waals surface area contributed by atoms with Crippen LogP contribution in [0.5, 0.6) is 5.75 Å². The molecular formula is C16H23NO3. The summed E-state index contributed by atoms with van der Waals surface area (Å²) in [6.45, 7) is 6.64. The van der Waals surface area contributed by atoms with Crippen LogP contribution in [0.25, 0.3) is 0 Å². The van der Waals surface area contributed by atoms with Crippen molar-refractivity contribution in [1.82, 2.24) is 4.98 Å². The molecule has 1 saturated carbocycles. The fourth-order valence-electron chi connectivity index (χ4n) is 3.06. The van der Waals surface area contributed by atoms with E-state index < -0.39 is 5.97 Å². The van der Waals surface area contributed by atoms with Crippen molar-refractivity contribution in [2.24, 2.45) is 17.8 Å². The Hall–Kier alpha value is -1.58. The second-order valence-corrected chi connectivity index (χ2v) is 6.16. The Morgan fingerprint density at radius 3 is 2.85 bits per heavy atom. The van der Waals surface area contributed by atoms with Crippen LogP contribution in [-0.4, -0.2) is 22.2 Å². The molecule has 0 bridgehead atoms. The van der Waals surface area contributed by atoms with Gasteiger partial charge < -0.3 is 9.84 Å².